The smallest absolute Gasteiger partial charge is 0.329 e. The molecular formula is C25H27N3O3. The van der Waals surface area contributed by atoms with Crippen molar-refractivity contribution in [1.82, 2.24) is 10.7 Å². The molecule has 160 valence electrons. The molecule has 2 amide bonds. The summed E-state index contributed by atoms with van der Waals surface area (Å²) in [5.41, 5.74) is 5.27. The minimum absolute atomic E-state index is 0.0814. The van der Waals surface area contributed by atoms with E-state index in [4.69, 9.17) is 4.74 Å². The molecule has 6 nitrogen and oxygen atoms in total. The molecule has 6 heteroatoms. The van der Waals surface area contributed by atoms with Gasteiger partial charge in [0.15, 0.2) is 0 Å². The fraction of sp³-hybridized carbons (Fsp3) is 0.240. The monoisotopic (exact) mass is 417 g/mol. The van der Waals surface area contributed by atoms with Crippen LogP contribution in [0.2, 0.25) is 0 Å². The molecule has 0 aliphatic carbocycles. The molecule has 0 saturated carbocycles. The summed E-state index contributed by atoms with van der Waals surface area (Å²) in [5.74, 6) is -0.875. The number of hydrazone groups is 1. The highest BCUT2D eigenvalue weighted by Gasteiger charge is 2.14. The third-order valence-corrected chi connectivity index (χ3v) is 5.00. The molecule has 0 bridgehead atoms. The van der Waals surface area contributed by atoms with Crippen LogP contribution in [-0.4, -0.2) is 24.1 Å². The fourth-order valence-corrected chi connectivity index (χ4v) is 2.98. The highest BCUT2D eigenvalue weighted by molar-refractivity contribution is 6.35. The molecule has 0 fully saturated rings. The van der Waals surface area contributed by atoms with Gasteiger partial charge in [-0.3, -0.25) is 9.59 Å². The molecule has 3 aromatic carbocycles. The molecule has 0 radical (unpaired) electrons. The van der Waals surface area contributed by atoms with Crippen LogP contribution in [0.15, 0.2) is 65.8 Å². The van der Waals surface area contributed by atoms with E-state index in [1.165, 1.54) is 11.8 Å². The van der Waals surface area contributed by atoms with E-state index in [1.54, 1.807) is 0 Å². The second-order valence-corrected chi connectivity index (χ2v) is 7.45. The third kappa shape index (κ3) is 5.92. The number of carbonyl (C=O) groups excluding carboxylic acids is 2. The van der Waals surface area contributed by atoms with Gasteiger partial charge in [0.25, 0.3) is 0 Å². The quantitative estimate of drug-likeness (QED) is 0.345. The molecule has 0 spiro atoms. The van der Waals surface area contributed by atoms with Crippen LogP contribution >= 0.6 is 0 Å². The molecule has 0 heterocycles. The maximum atomic E-state index is 12.0. The first-order valence-corrected chi connectivity index (χ1v) is 10.3. The van der Waals surface area contributed by atoms with Crippen LogP contribution in [0.3, 0.4) is 0 Å². The van der Waals surface area contributed by atoms with Crippen molar-refractivity contribution in [2.24, 2.45) is 5.10 Å². The molecule has 2 N–H and O–H groups in total. The van der Waals surface area contributed by atoms with E-state index in [0.29, 0.717) is 12.4 Å². The van der Waals surface area contributed by atoms with Crippen molar-refractivity contribution in [3.63, 3.8) is 0 Å². The summed E-state index contributed by atoms with van der Waals surface area (Å²) in [5, 5.41) is 8.58. The molecule has 0 unspecified atom stereocenters. The van der Waals surface area contributed by atoms with Crippen molar-refractivity contribution in [2.75, 3.05) is 0 Å². The first-order valence-electron chi connectivity index (χ1n) is 10.3. The van der Waals surface area contributed by atoms with Crippen molar-refractivity contribution in [3.8, 4) is 5.75 Å². The van der Waals surface area contributed by atoms with E-state index < -0.39 is 11.8 Å². The highest BCUT2D eigenvalue weighted by Crippen LogP contribution is 2.27. The zero-order chi connectivity index (χ0) is 22.2. The van der Waals surface area contributed by atoms with Crippen molar-refractivity contribution >= 4 is 28.8 Å². The number of fused-ring (bicyclic) bond motifs is 1. The Kier molecular flexibility index (Phi) is 7.38. The SMILES string of the molecule is CC[C@@H](C)NC(=O)C(=O)N/N=C\c1c(OCc2ccc(C)cc2)ccc2ccccc12. The minimum Gasteiger partial charge on any atom is -0.488 e. The Balaban J connectivity index is 1.79. The average Bonchev–Trinajstić information content (AvgIpc) is 2.79. The van der Waals surface area contributed by atoms with Crippen molar-refractivity contribution < 1.29 is 14.3 Å². The summed E-state index contributed by atoms with van der Waals surface area (Å²) in [6.45, 7) is 6.21. The second-order valence-electron chi connectivity index (χ2n) is 7.45. The van der Waals surface area contributed by atoms with Crippen molar-refractivity contribution in [2.45, 2.75) is 39.8 Å². The van der Waals surface area contributed by atoms with Crippen LogP contribution in [0.25, 0.3) is 10.8 Å². The largest absolute Gasteiger partial charge is 0.488 e. The van der Waals surface area contributed by atoms with E-state index >= 15 is 0 Å². The lowest BCUT2D eigenvalue weighted by molar-refractivity contribution is -0.139. The Labute approximate surface area is 182 Å². The molecule has 0 aromatic heterocycles. The Morgan fingerprint density at radius 2 is 1.77 bits per heavy atom. The van der Waals surface area contributed by atoms with Gasteiger partial charge in [0.1, 0.15) is 12.4 Å². The van der Waals surface area contributed by atoms with E-state index in [1.807, 2.05) is 81.4 Å². The summed E-state index contributed by atoms with van der Waals surface area (Å²) < 4.78 is 6.06. The molecule has 1 atom stereocenters. The Morgan fingerprint density at radius 1 is 1.03 bits per heavy atom. The van der Waals surface area contributed by atoms with Crippen LogP contribution in [0, 0.1) is 6.92 Å². The second kappa shape index (κ2) is 10.4. The summed E-state index contributed by atoms with van der Waals surface area (Å²) in [4.78, 5) is 23.9. The van der Waals surface area contributed by atoms with Gasteiger partial charge in [0.05, 0.1) is 6.21 Å². The highest BCUT2D eigenvalue weighted by atomic mass is 16.5. The molecule has 31 heavy (non-hydrogen) atoms. The zero-order valence-corrected chi connectivity index (χ0v) is 18.0. The Bertz CT molecular complexity index is 1090. The summed E-state index contributed by atoms with van der Waals surface area (Å²) in [6.07, 6.45) is 2.25. The van der Waals surface area contributed by atoms with E-state index in [-0.39, 0.29) is 6.04 Å². The van der Waals surface area contributed by atoms with Gasteiger partial charge in [-0.15, -0.1) is 0 Å². The number of aryl methyl sites for hydroxylation is 1. The lowest BCUT2D eigenvalue weighted by atomic mass is 10.0. The molecule has 3 aromatic rings. The van der Waals surface area contributed by atoms with Gasteiger partial charge in [-0.25, -0.2) is 5.43 Å². The zero-order valence-electron chi connectivity index (χ0n) is 18.0. The van der Waals surface area contributed by atoms with Crippen LogP contribution < -0.4 is 15.5 Å². The minimum atomic E-state index is -0.807. The predicted molar refractivity (Wildman–Crippen MR) is 123 cm³/mol. The number of hydrogen-bond donors (Lipinski definition) is 2. The first-order chi connectivity index (χ1) is 15.0. The standard InChI is InChI=1S/C25H27N3O3/c1-4-18(3)27-24(29)25(30)28-26-15-22-21-8-6-5-7-20(21)13-14-23(22)31-16-19-11-9-17(2)10-12-19/h5-15,18H,4,16H2,1-3H3,(H,27,29)(H,28,30)/b26-15-/t18-/m1/s1. The van der Waals surface area contributed by atoms with Gasteiger partial charge in [0.2, 0.25) is 0 Å². The third-order valence-electron chi connectivity index (χ3n) is 5.00. The lowest BCUT2D eigenvalue weighted by Gasteiger charge is -2.12. The molecular weight excluding hydrogens is 390 g/mol. The van der Waals surface area contributed by atoms with Gasteiger partial charge in [-0.05, 0) is 42.7 Å². The van der Waals surface area contributed by atoms with E-state index in [9.17, 15) is 9.59 Å². The van der Waals surface area contributed by atoms with Crippen molar-refractivity contribution in [3.05, 3.63) is 77.4 Å². The Morgan fingerprint density at radius 3 is 2.52 bits per heavy atom. The van der Waals surface area contributed by atoms with E-state index in [2.05, 4.69) is 15.8 Å². The van der Waals surface area contributed by atoms with Crippen molar-refractivity contribution in [1.29, 1.82) is 0 Å². The van der Waals surface area contributed by atoms with Gasteiger partial charge in [-0.2, -0.15) is 5.10 Å². The number of benzene rings is 3. The van der Waals surface area contributed by atoms with Gasteiger partial charge in [-0.1, -0.05) is 67.1 Å². The van der Waals surface area contributed by atoms with E-state index in [0.717, 1.165) is 28.3 Å². The number of amides is 2. The molecule has 0 aliphatic rings. The summed E-state index contributed by atoms with van der Waals surface area (Å²) >= 11 is 0. The molecule has 0 saturated heterocycles. The maximum absolute atomic E-state index is 12.0. The van der Waals surface area contributed by atoms with Gasteiger partial charge < -0.3 is 10.1 Å². The average molecular weight is 418 g/mol. The van der Waals surface area contributed by atoms with Gasteiger partial charge >= 0.3 is 11.8 Å². The molecule has 0 aliphatic heterocycles. The number of rotatable bonds is 7. The number of nitrogens with zero attached hydrogens (tertiary/aromatic N) is 1. The number of hydrogen-bond acceptors (Lipinski definition) is 4. The topological polar surface area (TPSA) is 79.8 Å². The fourth-order valence-electron chi connectivity index (χ4n) is 2.98. The predicted octanol–water partition coefficient (Wildman–Crippen LogP) is 4.09. The summed E-state index contributed by atoms with van der Waals surface area (Å²) in [6, 6.07) is 19.8. The Hall–Kier alpha value is -3.67. The van der Waals surface area contributed by atoms with Crippen LogP contribution in [0.4, 0.5) is 0 Å². The maximum Gasteiger partial charge on any atom is 0.329 e. The summed E-state index contributed by atoms with van der Waals surface area (Å²) in [7, 11) is 0. The normalized spacial score (nSPS) is 12.0. The van der Waals surface area contributed by atoms with Crippen LogP contribution in [-0.2, 0) is 16.2 Å². The van der Waals surface area contributed by atoms with Crippen LogP contribution in [0.5, 0.6) is 5.75 Å². The molecule has 3 rings (SSSR count). The first kappa shape index (κ1) is 22.0. The number of nitrogens with one attached hydrogen (secondary N) is 2. The number of ether oxygens (including phenoxy) is 1. The lowest BCUT2D eigenvalue weighted by Crippen LogP contribution is -2.41. The van der Waals surface area contributed by atoms with Gasteiger partial charge in [0, 0.05) is 11.6 Å². The number of carbonyl (C=O) groups is 2. The van der Waals surface area contributed by atoms with Crippen LogP contribution in [0.1, 0.15) is 37.0 Å².